The molecule has 1 aromatic rings. The lowest BCUT2D eigenvalue weighted by Crippen LogP contribution is -2.20. The molecule has 0 amide bonds. The number of nitriles is 1. The monoisotopic (exact) mass is 327 g/mol. The molecule has 0 aliphatic heterocycles. The summed E-state index contributed by atoms with van der Waals surface area (Å²) in [5.41, 5.74) is -0.165. The van der Waals surface area contributed by atoms with Gasteiger partial charge < -0.3 is 4.74 Å². The third kappa shape index (κ3) is 2.80. The molecular formula is C15H18ClNO3S. The molecule has 21 heavy (non-hydrogen) atoms. The number of ether oxygens (including phenoxy) is 1. The van der Waals surface area contributed by atoms with Crippen LogP contribution in [0.4, 0.5) is 0 Å². The van der Waals surface area contributed by atoms with E-state index in [1.807, 2.05) is 6.92 Å². The molecule has 3 unspecified atom stereocenters. The van der Waals surface area contributed by atoms with E-state index in [0.29, 0.717) is 11.6 Å². The summed E-state index contributed by atoms with van der Waals surface area (Å²) < 4.78 is 30.0. The lowest BCUT2D eigenvalue weighted by molar-refractivity contribution is 0.117. The molecule has 2 rings (SSSR count). The Morgan fingerprint density at radius 2 is 1.95 bits per heavy atom. The molecule has 3 atom stereocenters. The Bertz CT molecular complexity index is 650. The SMILES string of the molecule is CCOCC1(C#N)C(c2ccc(Cl)cc2)C1S(=O)(=O)CC. The normalized spacial score (nSPS) is 28.1. The van der Waals surface area contributed by atoms with Crippen LogP contribution in [-0.2, 0) is 14.6 Å². The summed E-state index contributed by atoms with van der Waals surface area (Å²) >= 11 is 5.87. The average molecular weight is 328 g/mol. The van der Waals surface area contributed by atoms with Gasteiger partial charge in [0.2, 0.25) is 0 Å². The molecule has 0 saturated heterocycles. The topological polar surface area (TPSA) is 67.2 Å². The highest BCUT2D eigenvalue weighted by Gasteiger charge is 2.71. The average Bonchev–Trinajstić information content (AvgIpc) is 3.16. The molecule has 1 fully saturated rings. The predicted octanol–water partition coefficient (Wildman–Crippen LogP) is 2.79. The highest BCUT2D eigenvalue weighted by atomic mass is 35.5. The van der Waals surface area contributed by atoms with E-state index in [0.717, 1.165) is 5.56 Å². The molecule has 6 heteroatoms. The number of hydrogen-bond acceptors (Lipinski definition) is 4. The number of halogens is 1. The number of rotatable bonds is 6. The van der Waals surface area contributed by atoms with E-state index in [2.05, 4.69) is 6.07 Å². The minimum atomic E-state index is -3.32. The zero-order valence-corrected chi connectivity index (χ0v) is 13.6. The lowest BCUT2D eigenvalue weighted by Gasteiger charge is -2.09. The highest BCUT2D eigenvalue weighted by Crippen LogP contribution is 2.63. The zero-order valence-electron chi connectivity index (χ0n) is 12.0. The summed E-state index contributed by atoms with van der Waals surface area (Å²) in [6.45, 7) is 4.02. The quantitative estimate of drug-likeness (QED) is 0.805. The maximum atomic E-state index is 12.3. The Balaban J connectivity index is 2.42. The second kappa shape index (κ2) is 5.96. The number of hydrogen-bond donors (Lipinski definition) is 0. The largest absolute Gasteiger partial charge is 0.380 e. The van der Waals surface area contributed by atoms with Gasteiger partial charge in [0.25, 0.3) is 0 Å². The fraction of sp³-hybridized carbons (Fsp3) is 0.533. The van der Waals surface area contributed by atoms with Crippen molar-refractivity contribution in [3.63, 3.8) is 0 Å². The summed E-state index contributed by atoms with van der Waals surface area (Å²) in [5, 5.41) is 9.46. The fourth-order valence-corrected chi connectivity index (χ4v) is 4.99. The second-order valence-electron chi connectivity index (χ2n) is 5.19. The van der Waals surface area contributed by atoms with Crippen molar-refractivity contribution in [2.75, 3.05) is 19.0 Å². The number of benzene rings is 1. The Morgan fingerprint density at radius 1 is 1.33 bits per heavy atom. The van der Waals surface area contributed by atoms with Gasteiger partial charge in [-0.15, -0.1) is 0 Å². The minimum absolute atomic E-state index is 0.0251. The van der Waals surface area contributed by atoms with E-state index >= 15 is 0 Å². The van der Waals surface area contributed by atoms with Crippen LogP contribution < -0.4 is 0 Å². The van der Waals surface area contributed by atoms with Gasteiger partial charge in [-0.3, -0.25) is 0 Å². The molecule has 1 aliphatic rings. The van der Waals surface area contributed by atoms with Crippen LogP contribution in [0.15, 0.2) is 24.3 Å². The molecule has 4 nitrogen and oxygen atoms in total. The molecule has 0 spiro atoms. The smallest absolute Gasteiger partial charge is 0.155 e. The molecular weight excluding hydrogens is 310 g/mol. The summed E-state index contributed by atoms with van der Waals surface area (Å²) in [7, 11) is -3.32. The first kappa shape index (κ1) is 16.3. The predicted molar refractivity (Wildman–Crippen MR) is 82.0 cm³/mol. The Morgan fingerprint density at radius 3 is 2.43 bits per heavy atom. The van der Waals surface area contributed by atoms with Crippen molar-refractivity contribution in [3.8, 4) is 6.07 Å². The third-order valence-corrected chi connectivity index (χ3v) is 6.55. The summed E-state index contributed by atoms with van der Waals surface area (Å²) in [5.74, 6) is -0.326. The molecule has 0 heterocycles. The fourth-order valence-electron chi connectivity index (χ4n) is 2.86. The van der Waals surface area contributed by atoms with Gasteiger partial charge in [-0.1, -0.05) is 30.7 Å². The van der Waals surface area contributed by atoms with Crippen molar-refractivity contribution in [3.05, 3.63) is 34.9 Å². The van der Waals surface area contributed by atoms with Crippen LogP contribution in [0.1, 0.15) is 25.3 Å². The van der Waals surface area contributed by atoms with Crippen molar-refractivity contribution >= 4 is 21.4 Å². The summed E-state index contributed by atoms with van der Waals surface area (Å²) in [6.07, 6.45) is 0. The van der Waals surface area contributed by atoms with Crippen LogP contribution in [0.25, 0.3) is 0 Å². The minimum Gasteiger partial charge on any atom is -0.380 e. The number of nitrogens with zero attached hydrogens (tertiary/aromatic N) is 1. The molecule has 0 N–H and O–H groups in total. The van der Waals surface area contributed by atoms with E-state index in [1.165, 1.54) is 0 Å². The Labute approximate surface area is 130 Å². The van der Waals surface area contributed by atoms with E-state index in [-0.39, 0.29) is 18.3 Å². The van der Waals surface area contributed by atoms with Crippen LogP contribution in [-0.4, -0.2) is 32.6 Å². The second-order valence-corrected chi connectivity index (χ2v) is 8.04. The van der Waals surface area contributed by atoms with E-state index < -0.39 is 20.5 Å². The van der Waals surface area contributed by atoms with E-state index in [9.17, 15) is 13.7 Å². The van der Waals surface area contributed by atoms with Crippen molar-refractivity contribution in [2.24, 2.45) is 5.41 Å². The van der Waals surface area contributed by atoms with Crippen LogP contribution in [0.5, 0.6) is 0 Å². The Hall–Kier alpha value is -1.09. The first-order chi connectivity index (χ1) is 9.93. The van der Waals surface area contributed by atoms with Gasteiger partial charge in [0.15, 0.2) is 9.84 Å². The van der Waals surface area contributed by atoms with Crippen molar-refractivity contribution in [2.45, 2.75) is 25.0 Å². The van der Waals surface area contributed by atoms with E-state index in [4.69, 9.17) is 16.3 Å². The molecule has 0 bridgehead atoms. The van der Waals surface area contributed by atoms with Crippen molar-refractivity contribution < 1.29 is 13.2 Å². The maximum absolute atomic E-state index is 12.3. The Kier molecular flexibility index (Phi) is 4.62. The van der Waals surface area contributed by atoms with Crippen LogP contribution >= 0.6 is 11.6 Å². The molecule has 1 saturated carbocycles. The van der Waals surface area contributed by atoms with Crippen molar-refractivity contribution in [1.82, 2.24) is 0 Å². The molecule has 0 aromatic heterocycles. The van der Waals surface area contributed by atoms with Gasteiger partial charge in [0.05, 0.1) is 17.9 Å². The van der Waals surface area contributed by atoms with Crippen LogP contribution in [0, 0.1) is 16.7 Å². The first-order valence-corrected chi connectivity index (χ1v) is 8.98. The van der Waals surface area contributed by atoms with Gasteiger partial charge in [-0.2, -0.15) is 5.26 Å². The maximum Gasteiger partial charge on any atom is 0.155 e. The standard InChI is InChI=1S/C15H18ClNO3S/c1-3-20-10-15(9-17)13(14(15)21(18,19)4-2)11-5-7-12(16)8-6-11/h5-8,13-14H,3-4,10H2,1-2H3. The van der Waals surface area contributed by atoms with Crippen molar-refractivity contribution in [1.29, 1.82) is 5.26 Å². The van der Waals surface area contributed by atoms with Gasteiger partial charge in [0, 0.05) is 23.3 Å². The lowest BCUT2D eigenvalue weighted by atomic mass is 10.0. The van der Waals surface area contributed by atoms with Gasteiger partial charge in [0.1, 0.15) is 5.41 Å². The van der Waals surface area contributed by atoms with Crippen LogP contribution in [0.3, 0.4) is 0 Å². The number of sulfone groups is 1. The highest BCUT2D eigenvalue weighted by molar-refractivity contribution is 7.92. The summed E-state index contributed by atoms with van der Waals surface area (Å²) in [4.78, 5) is 0. The van der Waals surface area contributed by atoms with E-state index in [1.54, 1.807) is 31.2 Å². The first-order valence-electron chi connectivity index (χ1n) is 6.89. The van der Waals surface area contributed by atoms with Gasteiger partial charge >= 0.3 is 0 Å². The third-order valence-electron chi connectivity index (χ3n) is 4.03. The molecule has 1 aromatic carbocycles. The molecule has 1 aliphatic carbocycles. The zero-order chi connectivity index (χ0) is 15.7. The molecule has 114 valence electrons. The molecule has 0 radical (unpaired) electrons. The van der Waals surface area contributed by atoms with Gasteiger partial charge in [-0.25, -0.2) is 8.42 Å². The van der Waals surface area contributed by atoms with Gasteiger partial charge in [-0.05, 0) is 24.6 Å². The summed E-state index contributed by atoms with van der Waals surface area (Å²) in [6, 6.07) is 9.21. The van der Waals surface area contributed by atoms with Crippen LogP contribution in [0.2, 0.25) is 5.02 Å².